The van der Waals surface area contributed by atoms with Crippen LogP contribution in [0.1, 0.15) is 57.3 Å². The van der Waals surface area contributed by atoms with Gasteiger partial charge in [-0.15, -0.1) is 0 Å². The largest absolute Gasteiger partial charge is 0.326 e. The first-order valence-corrected chi connectivity index (χ1v) is 7.22. The van der Waals surface area contributed by atoms with Gasteiger partial charge in [0, 0.05) is 18.0 Å². The van der Waals surface area contributed by atoms with E-state index in [0.29, 0.717) is 12.5 Å². The molecule has 1 aromatic carbocycles. The molecule has 1 aromatic heterocycles. The van der Waals surface area contributed by atoms with Gasteiger partial charge in [0.2, 0.25) is 0 Å². The van der Waals surface area contributed by atoms with Gasteiger partial charge in [0.25, 0.3) is 0 Å². The van der Waals surface area contributed by atoms with Crippen molar-refractivity contribution in [2.24, 2.45) is 5.73 Å². The van der Waals surface area contributed by atoms with Gasteiger partial charge in [-0.05, 0) is 51.3 Å². The van der Waals surface area contributed by atoms with Crippen molar-refractivity contribution in [2.75, 3.05) is 0 Å². The minimum Gasteiger partial charge on any atom is -0.326 e. The van der Waals surface area contributed by atoms with Gasteiger partial charge >= 0.3 is 0 Å². The minimum absolute atomic E-state index is 0.0733. The molecule has 19 heavy (non-hydrogen) atoms. The van der Waals surface area contributed by atoms with Gasteiger partial charge in [-0.2, -0.15) is 0 Å². The zero-order valence-corrected chi connectivity index (χ0v) is 12.1. The van der Waals surface area contributed by atoms with E-state index in [1.807, 2.05) is 0 Å². The molecule has 1 aliphatic rings. The molecule has 0 unspecified atom stereocenters. The van der Waals surface area contributed by atoms with Crippen molar-refractivity contribution in [3.63, 3.8) is 0 Å². The summed E-state index contributed by atoms with van der Waals surface area (Å²) in [6.07, 6.45) is 3.90. The lowest BCUT2D eigenvalue weighted by atomic mass is 9.84. The van der Waals surface area contributed by atoms with E-state index in [9.17, 15) is 0 Å². The normalized spacial score (nSPS) is 16.8. The van der Waals surface area contributed by atoms with E-state index < -0.39 is 0 Å². The van der Waals surface area contributed by atoms with Crippen molar-refractivity contribution in [2.45, 2.75) is 58.0 Å². The Kier molecular flexibility index (Phi) is 2.90. The van der Waals surface area contributed by atoms with E-state index in [2.05, 4.69) is 43.5 Å². The van der Waals surface area contributed by atoms with Crippen LogP contribution >= 0.6 is 0 Å². The third-order valence-corrected chi connectivity index (χ3v) is 4.12. The molecule has 0 spiro atoms. The molecule has 102 valence electrons. The molecule has 0 radical (unpaired) electrons. The molecular formula is C16H23N3. The average molecular weight is 257 g/mol. The predicted octanol–water partition coefficient (Wildman–Crippen LogP) is 3.52. The number of rotatable bonds is 2. The Morgan fingerprint density at radius 2 is 2.05 bits per heavy atom. The molecule has 3 heteroatoms. The lowest BCUT2D eigenvalue weighted by Gasteiger charge is -2.31. The van der Waals surface area contributed by atoms with Crippen LogP contribution in [-0.4, -0.2) is 9.55 Å². The maximum absolute atomic E-state index is 5.73. The Morgan fingerprint density at radius 1 is 1.32 bits per heavy atom. The van der Waals surface area contributed by atoms with Crippen molar-refractivity contribution in [3.05, 3.63) is 29.6 Å². The first-order chi connectivity index (χ1) is 9.00. The topological polar surface area (TPSA) is 43.8 Å². The molecule has 3 nitrogen and oxygen atoms in total. The van der Waals surface area contributed by atoms with Crippen LogP contribution < -0.4 is 5.73 Å². The molecule has 0 aliphatic heterocycles. The van der Waals surface area contributed by atoms with Gasteiger partial charge in [0.1, 0.15) is 5.82 Å². The van der Waals surface area contributed by atoms with Crippen molar-refractivity contribution in [3.8, 4) is 0 Å². The van der Waals surface area contributed by atoms with E-state index >= 15 is 0 Å². The van der Waals surface area contributed by atoms with Crippen molar-refractivity contribution < 1.29 is 0 Å². The van der Waals surface area contributed by atoms with Gasteiger partial charge in [-0.25, -0.2) is 4.98 Å². The SMILES string of the molecule is CC(C)(C)n1c(C2CCC2)nc2cc(CN)ccc21. The zero-order valence-electron chi connectivity index (χ0n) is 12.1. The summed E-state index contributed by atoms with van der Waals surface area (Å²) in [4.78, 5) is 4.92. The number of hydrogen-bond donors (Lipinski definition) is 1. The van der Waals surface area contributed by atoms with Gasteiger partial charge < -0.3 is 10.3 Å². The molecule has 0 bridgehead atoms. The van der Waals surface area contributed by atoms with Crippen molar-refractivity contribution >= 4 is 11.0 Å². The van der Waals surface area contributed by atoms with E-state index in [1.54, 1.807) is 0 Å². The van der Waals surface area contributed by atoms with Crippen LogP contribution in [0, 0.1) is 0 Å². The predicted molar refractivity (Wildman–Crippen MR) is 79.2 cm³/mol. The van der Waals surface area contributed by atoms with Crippen LogP contribution in [0.15, 0.2) is 18.2 Å². The number of hydrogen-bond acceptors (Lipinski definition) is 2. The second kappa shape index (κ2) is 4.34. The number of nitrogens with zero attached hydrogens (tertiary/aromatic N) is 2. The third-order valence-electron chi connectivity index (χ3n) is 4.12. The van der Waals surface area contributed by atoms with Gasteiger partial charge in [0.15, 0.2) is 0 Å². The lowest BCUT2D eigenvalue weighted by molar-refractivity contribution is 0.335. The van der Waals surface area contributed by atoms with E-state index in [-0.39, 0.29) is 5.54 Å². The van der Waals surface area contributed by atoms with Gasteiger partial charge in [-0.3, -0.25) is 0 Å². The summed E-state index contributed by atoms with van der Waals surface area (Å²) in [5.74, 6) is 1.91. The summed E-state index contributed by atoms with van der Waals surface area (Å²) in [5.41, 5.74) is 9.31. The highest BCUT2D eigenvalue weighted by atomic mass is 15.1. The summed E-state index contributed by atoms with van der Waals surface area (Å²) < 4.78 is 2.42. The number of nitrogens with two attached hydrogens (primary N) is 1. The number of benzene rings is 1. The number of fused-ring (bicyclic) bond motifs is 1. The van der Waals surface area contributed by atoms with Gasteiger partial charge in [0.05, 0.1) is 11.0 Å². The van der Waals surface area contributed by atoms with Crippen LogP contribution in [0.3, 0.4) is 0 Å². The van der Waals surface area contributed by atoms with E-state index in [1.165, 1.54) is 30.6 Å². The summed E-state index contributed by atoms with van der Waals surface area (Å²) in [5, 5.41) is 0. The van der Waals surface area contributed by atoms with Gasteiger partial charge in [-0.1, -0.05) is 12.5 Å². The maximum atomic E-state index is 5.73. The molecule has 1 fully saturated rings. The molecular weight excluding hydrogens is 234 g/mol. The minimum atomic E-state index is 0.0733. The van der Waals surface area contributed by atoms with Crippen LogP contribution in [0.25, 0.3) is 11.0 Å². The Bertz CT molecular complexity index is 600. The Morgan fingerprint density at radius 3 is 2.58 bits per heavy atom. The monoisotopic (exact) mass is 257 g/mol. The smallest absolute Gasteiger partial charge is 0.113 e. The Balaban J connectivity index is 2.22. The second-order valence-electron chi connectivity index (χ2n) is 6.63. The van der Waals surface area contributed by atoms with Crippen LogP contribution in [0.4, 0.5) is 0 Å². The van der Waals surface area contributed by atoms with E-state index in [0.717, 1.165) is 11.1 Å². The molecule has 2 aromatic rings. The second-order valence-corrected chi connectivity index (χ2v) is 6.63. The van der Waals surface area contributed by atoms with E-state index in [4.69, 9.17) is 10.7 Å². The quantitative estimate of drug-likeness (QED) is 0.894. The van der Waals surface area contributed by atoms with Crippen molar-refractivity contribution in [1.29, 1.82) is 0 Å². The highest BCUT2D eigenvalue weighted by Crippen LogP contribution is 2.39. The first kappa shape index (κ1) is 12.7. The fraction of sp³-hybridized carbons (Fsp3) is 0.562. The van der Waals surface area contributed by atoms with Crippen LogP contribution in [0.5, 0.6) is 0 Å². The molecule has 1 heterocycles. The highest BCUT2D eigenvalue weighted by molar-refractivity contribution is 5.77. The third kappa shape index (κ3) is 2.06. The molecule has 2 N–H and O–H groups in total. The summed E-state index contributed by atoms with van der Waals surface area (Å²) in [6, 6.07) is 6.44. The fourth-order valence-electron chi connectivity index (χ4n) is 2.92. The van der Waals surface area contributed by atoms with Crippen LogP contribution in [-0.2, 0) is 12.1 Å². The average Bonchev–Trinajstić information content (AvgIpc) is 2.63. The number of imidazole rings is 1. The summed E-state index contributed by atoms with van der Waals surface area (Å²) >= 11 is 0. The lowest BCUT2D eigenvalue weighted by Crippen LogP contribution is -2.27. The zero-order chi connectivity index (χ0) is 13.6. The van der Waals surface area contributed by atoms with Crippen LogP contribution in [0.2, 0.25) is 0 Å². The summed E-state index contributed by atoms with van der Waals surface area (Å²) in [6.45, 7) is 7.35. The molecule has 3 rings (SSSR count). The first-order valence-electron chi connectivity index (χ1n) is 7.22. The Hall–Kier alpha value is -1.35. The molecule has 1 aliphatic carbocycles. The standard InChI is InChI=1S/C16H23N3/c1-16(2,3)19-14-8-7-11(10-17)9-13(14)18-15(19)12-5-4-6-12/h7-9,12H,4-6,10,17H2,1-3H3. The molecule has 0 saturated heterocycles. The molecule has 1 saturated carbocycles. The number of aromatic nitrogens is 2. The summed E-state index contributed by atoms with van der Waals surface area (Å²) in [7, 11) is 0. The fourth-order valence-corrected chi connectivity index (χ4v) is 2.92. The molecule has 0 amide bonds. The molecule has 0 atom stereocenters. The maximum Gasteiger partial charge on any atom is 0.113 e. The van der Waals surface area contributed by atoms with Crippen molar-refractivity contribution in [1.82, 2.24) is 9.55 Å². The highest BCUT2D eigenvalue weighted by Gasteiger charge is 2.29. The Labute approximate surface area is 114 Å².